The van der Waals surface area contributed by atoms with Gasteiger partial charge in [0, 0.05) is 21.8 Å². The van der Waals surface area contributed by atoms with E-state index in [0.29, 0.717) is 6.44 Å². The molecule has 3 nitrogen and oxygen atoms in total. The first-order valence-corrected chi connectivity index (χ1v) is 9.18. The minimum atomic E-state index is -0.301. The molecule has 0 unspecified atom stereocenters. The van der Waals surface area contributed by atoms with Gasteiger partial charge in [-0.2, -0.15) is 0 Å². The average molecular weight is 335 g/mol. The Kier molecular flexibility index (Phi) is 3.75. The first kappa shape index (κ1) is 16.7. The van der Waals surface area contributed by atoms with Crippen molar-refractivity contribution in [2.24, 2.45) is 0 Å². The molecule has 0 N–H and O–H groups in total. The summed E-state index contributed by atoms with van der Waals surface area (Å²) in [7, 11) is -0.241. The normalized spacial score (nSPS) is 19.2. The van der Waals surface area contributed by atoms with Gasteiger partial charge in [0.05, 0.1) is 17.6 Å². The highest BCUT2D eigenvalue weighted by Gasteiger charge is 2.51. The molecule has 0 saturated carbocycles. The molecule has 2 aromatic carbocycles. The van der Waals surface area contributed by atoms with E-state index in [0.717, 1.165) is 6.42 Å². The summed E-state index contributed by atoms with van der Waals surface area (Å²) in [6.07, 6.45) is 1.73. The molecule has 0 radical (unpaired) electrons. The minimum Gasteiger partial charge on any atom is -0.402 e. The lowest BCUT2D eigenvalue weighted by Crippen LogP contribution is -2.41. The number of aryl methyl sites for hydroxylation is 1. The van der Waals surface area contributed by atoms with Crippen LogP contribution < -0.4 is 0 Å². The average Bonchev–Trinajstić information content (AvgIpc) is 2.98. The molecule has 3 aromatic rings. The molecule has 0 bridgehead atoms. The van der Waals surface area contributed by atoms with Crippen molar-refractivity contribution < 1.29 is 9.31 Å². The number of hydrogen-bond acceptors (Lipinski definition) is 2. The maximum atomic E-state index is 6.25. The van der Waals surface area contributed by atoms with E-state index in [1.807, 2.05) is 0 Å². The predicted octanol–water partition coefficient (Wildman–Crippen LogP) is 4.99. The van der Waals surface area contributed by atoms with E-state index >= 15 is 0 Å². The second-order valence-corrected chi connectivity index (χ2v) is 8.02. The van der Waals surface area contributed by atoms with E-state index in [4.69, 9.17) is 9.31 Å². The lowest BCUT2D eigenvalue weighted by molar-refractivity contribution is 0.00578. The highest BCUT2D eigenvalue weighted by molar-refractivity contribution is 6.44. The number of nitrogens with zero attached hydrogens (tertiary/aromatic N) is 1. The lowest BCUT2D eigenvalue weighted by atomic mass is 9.90. The lowest BCUT2D eigenvalue weighted by Gasteiger charge is -2.32. The predicted molar refractivity (Wildman–Crippen MR) is 105 cm³/mol. The third-order valence-corrected chi connectivity index (χ3v) is 5.88. The Bertz CT molecular complexity index is 926. The molecule has 4 rings (SSSR count). The zero-order valence-electron chi connectivity index (χ0n) is 15.8. The summed E-state index contributed by atoms with van der Waals surface area (Å²) < 4.78 is 14.9. The molecule has 4 heteroatoms. The van der Waals surface area contributed by atoms with E-state index < -0.39 is 0 Å². The summed E-state index contributed by atoms with van der Waals surface area (Å²) in [5, 5.41) is 2.58. The number of rotatable bonds is 3. The highest BCUT2D eigenvalue weighted by atomic mass is 16.7. The van der Waals surface area contributed by atoms with Gasteiger partial charge < -0.3 is 13.9 Å². The molecule has 0 amide bonds. The van der Waals surface area contributed by atoms with Gasteiger partial charge in [0.2, 0.25) is 0 Å². The first-order chi connectivity index (χ1) is 11.8. The smallest absolute Gasteiger partial charge is 0.402 e. The molecular weight excluding hydrogens is 309 g/mol. The quantitative estimate of drug-likeness (QED) is 0.630. The van der Waals surface area contributed by atoms with Crippen LogP contribution in [0.2, 0.25) is 0 Å². The molecule has 0 atom stereocenters. The molecule has 1 aromatic heterocycles. The van der Waals surface area contributed by atoms with E-state index in [2.05, 4.69) is 81.7 Å². The Morgan fingerprint density at radius 3 is 2.20 bits per heavy atom. The summed E-state index contributed by atoms with van der Waals surface area (Å²) in [6, 6.07) is 15.4. The highest BCUT2D eigenvalue weighted by Crippen LogP contribution is 2.38. The summed E-state index contributed by atoms with van der Waals surface area (Å²) >= 11 is 0. The van der Waals surface area contributed by atoms with Crippen molar-refractivity contribution in [3.05, 3.63) is 48.0 Å². The Labute approximate surface area is 150 Å². The van der Waals surface area contributed by atoms with Crippen LogP contribution in [0.15, 0.2) is 42.5 Å². The summed E-state index contributed by atoms with van der Waals surface area (Å²) in [5.74, 6) is 0. The Balaban J connectivity index is 1.83. The van der Waals surface area contributed by atoms with Crippen LogP contribution >= 0.6 is 0 Å². The van der Waals surface area contributed by atoms with Gasteiger partial charge in [0.25, 0.3) is 0 Å². The second-order valence-electron chi connectivity index (χ2n) is 8.02. The molecule has 2 heterocycles. The van der Waals surface area contributed by atoms with Crippen LogP contribution in [0.1, 0.15) is 40.2 Å². The molecule has 1 aliphatic rings. The monoisotopic (exact) mass is 335 g/mol. The van der Waals surface area contributed by atoms with Crippen LogP contribution in [-0.4, -0.2) is 22.9 Å². The van der Waals surface area contributed by atoms with Crippen LogP contribution in [-0.2, 0) is 22.2 Å². The van der Waals surface area contributed by atoms with Gasteiger partial charge in [-0.05, 0) is 51.8 Å². The number of benzene rings is 2. The fourth-order valence-corrected chi connectivity index (χ4v) is 3.70. The zero-order valence-corrected chi connectivity index (χ0v) is 15.8. The van der Waals surface area contributed by atoms with Crippen molar-refractivity contribution in [1.29, 1.82) is 0 Å². The van der Waals surface area contributed by atoms with Crippen molar-refractivity contribution >= 4 is 28.9 Å². The van der Waals surface area contributed by atoms with Gasteiger partial charge in [-0.1, -0.05) is 37.3 Å². The molecule has 0 spiro atoms. The van der Waals surface area contributed by atoms with E-state index in [1.54, 1.807) is 0 Å². The second kappa shape index (κ2) is 5.62. The van der Waals surface area contributed by atoms with E-state index in [-0.39, 0.29) is 18.3 Å². The Hall–Kier alpha value is -1.78. The Morgan fingerprint density at radius 1 is 0.880 bits per heavy atom. The summed E-state index contributed by atoms with van der Waals surface area (Å²) in [4.78, 5) is 0. The molecule has 1 saturated heterocycles. The molecule has 0 aliphatic carbocycles. The van der Waals surface area contributed by atoms with Crippen molar-refractivity contribution in [2.45, 2.75) is 58.7 Å². The van der Waals surface area contributed by atoms with E-state index in [1.165, 1.54) is 27.4 Å². The summed E-state index contributed by atoms with van der Waals surface area (Å²) in [6.45, 7) is 10.6. The third kappa shape index (κ3) is 2.59. The van der Waals surface area contributed by atoms with Crippen LogP contribution in [0.5, 0.6) is 0 Å². The van der Waals surface area contributed by atoms with Gasteiger partial charge in [-0.3, -0.25) is 0 Å². The molecular formula is C21H26BNO2. The van der Waals surface area contributed by atoms with Crippen molar-refractivity contribution in [2.75, 3.05) is 0 Å². The van der Waals surface area contributed by atoms with Crippen molar-refractivity contribution in [3.8, 4) is 0 Å². The topological polar surface area (TPSA) is 23.4 Å². The van der Waals surface area contributed by atoms with Crippen LogP contribution in [0.25, 0.3) is 21.8 Å². The van der Waals surface area contributed by atoms with Gasteiger partial charge in [-0.15, -0.1) is 0 Å². The fraction of sp³-hybridized carbons (Fsp3) is 0.429. The van der Waals surface area contributed by atoms with Crippen LogP contribution in [0.4, 0.5) is 0 Å². The van der Waals surface area contributed by atoms with Gasteiger partial charge in [-0.25, -0.2) is 0 Å². The standard InChI is InChI=1S/C21H26BNO2/c1-6-15-11-12-17-16-9-7-8-10-18(16)23(19(17)13-15)14-22-24-20(2,3)21(4,5)25-22/h7-13H,6,14H2,1-5H3. The third-order valence-electron chi connectivity index (χ3n) is 5.88. The van der Waals surface area contributed by atoms with Gasteiger partial charge in [0.15, 0.2) is 0 Å². The number of aromatic nitrogens is 1. The Morgan fingerprint density at radius 2 is 1.52 bits per heavy atom. The SMILES string of the molecule is CCc1ccc2c3ccccc3n(CB3OC(C)(C)C(C)(C)O3)c2c1. The largest absolute Gasteiger partial charge is 0.479 e. The number of fused-ring (bicyclic) bond motifs is 3. The first-order valence-electron chi connectivity index (χ1n) is 9.18. The molecule has 25 heavy (non-hydrogen) atoms. The number of para-hydroxylation sites is 1. The summed E-state index contributed by atoms with van der Waals surface area (Å²) in [5.41, 5.74) is 3.25. The fourth-order valence-electron chi connectivity index (χ4n) is 3.70. The molecule has 1 fully saturated rings. The maximum Gasteiger partial charge on any atom is 0.479 e. The van der Waals surface area contributed by atoms with Crippen LogP contribution in [0, 0.1) is 0 Å². The number of hydrogen-bond donors (Lipinski definition) is 0. The minimum absolute atomic E-state index is 0.241. The van der Waals surface area contributed by atoms with E-state index in [9.17, 15) is 0 Å². The molecule has 130 valence electrons. The maximum absolute atomic E-state index is 6.25. The van der Waals surface area contributed by atoms with Crippen molar-refractivity contribution in [3.63, 3.8) is 0 Å². The van der Waals surface area contributed by atoms with Crippen LogP contribution in [0.3, 0.4) is 0 Å². The zero-order chi connectivity index (χ0) is 17.8. The van der Waals surface area contributed by atoms with Crippen molar-refractivity contribution in [1.82, 2.24) is 4.57 Å². The van der Waals surface area contributed by atoms with Gasteiger partial charge >= 0.3 is 7.12 Å². The van der Waals surface area contributed by atoms with Gasteiger partial charge in [0.1, 0.15) is 0 Å². The molecule has 1 aliphatic heterocycles.